The summed E-state index contributed by atoms with van der Waals surface area (Å²) in [5.41, 5.74) is 2.83. The lowest BCUT2D eigenvalue weighted by Gasteiger charge is -2.44. The average molecular weight is 233 g/mol. The molecule has 2 heteroatoms. The molecule has 1 aliphatic heterocycles. The second kappa shape index (κ2) is 3.11. The molecular weight excluding hydrogens is 214 g/mol. The topological polar surface area (TPSA) is 12.0 Å². The van der Waals surface area contributed by atoms with Crippen molar-refractivity contribution in [1.82, 2.24) is 5.32 Å². The lowest BCUT2D eigenvalue weighted by Crippen LogP contribution is -2.48. The molecule has 86 valence electrons. The molecule has 16 heavy (non-hydrogen) atoms. The van der Waals surface area contributed by atoms with E-state index in [4.69, 9.17) is 0 Å². The van der Waals surface area contributed by atoms with Crippen molar-refractivity contribution in [3.05, 3.63) is 21.9 Å². The first kappa shape index (κ1) is 9.67. The van der Waals surface area contributed by atoms with Crippen molar-refractivity contribution in [1.29, 1.82) is 0 Å². The molecule has 0 saturated heterocycles. The first-order valence-corrected chi connectivity index (χ1v) is 7.52. The molecule has 1 N–H and O–H groups in total. The summed E-state index contributed by atoms with van der Waals surface area (Å²) in [6, 6.07) is 2.35. The SMILES string of the molecule is c1cc2c(s1)C1(CCC3(CC3)CC1)NCC2. The van der Waals surface area contributed by atoms with Crippen LogP contribution in [-0.2, 0) is 12.0 Å². The van der Waals surface area contributed by atoms with Gasteiger partial charge in [-0.05, 0) is 67.4 Å². The lowest BCUT2D eigenvalue weighted by atomic mass is 9.72. The highest BCUT2D eigenvalue weighted by molar-refractivity contribution is 7.10. The van der Waals surface area contributed by atoms with Crippen molar-refractivity contribution in [2.75, 3.05) is 6.54 Å². The monoisotopic (exact) mass is 233 g/mol. The van der Waals surface area contributed by atoms with Crippen LogP contribution < -0.4 is 5.32 Å². The van der Waals surface area contributed by atoms with Crippen molar-refractivity contribution in [2.24, 2.45) is 5.41 Å². The molecule has 2 spiro atoms. The fourth-order valence-electron chi connectivity index (χ4n) is 3.76. The molecule has 0 unspecified atom stereocenters. The fourth-order valence-corrected chi connectivity index (χ4v) is 4.95. The van der Waals surface area contributed by atoms with Gasteiger partial charge >= 0.3 is 0 Å². The Hall–Kier alpha value is -0.340. The van der Waals surface area contributed by atoms with Gasteiger partial charge in [-0.3, -0.25) is 0 Å². The van der Waals surface area contributed by atoms with Crippen LogP contribution in [0.5, 0.6) is 0 Å². The van der Waals surface area contributed by atoms with Gasteiger partial charge < -0.3 is 5.32 Å². The first-order valence-electron chi connectivity index (χ1n) is 6.64. The van der Waals surface area contributed by atoms with Crippen LogP contribution in [0.2, 0.25) is 0 Å². The largest absolute Gasteiger partial charge is 0.306 e. The van der Waals surface area contributed by atoms with E-state index in [0.717, 1.165) is 5.41 Å². The minimum Gasteiger partial charge on any atom is -0.306 e. The van der Waals surface area contributed by atoms with Gasteiger partial charge in [-0.25, -0.2) is 0 Å². The Morgan fingerprint density at radius 3 is 2.56 bits per heavy atom. The highest BCUT2D eigenvalue weighted by Crippen LogP contribution is 2.60. The van der Waals surface area contributed by atoms with Gasteiger partial charge in [0, 0.05) is 11.4 Å². The highest BCUT2D eigenvalue weighted by atomic mass is 32.1. The third-order valence-corrected chi connectivity index (χ3v) is 6.32. The summed E-state index contributed by atoms with van der Waals surface area (Å²) in [5, 5.41) is 6.15. The number of fused-ring (bicyclic) bond motifs is 2. The molecule has 0 atom stereocenters. The number of nitrogens with one attached hydrogen (secondary N) is 1. The maximum Gasteiger partial charge on any atom is 0.0532 e. The Morgan fingerprint density at radius 1 is 1.06 bits per heavy atom. The highest BCUT2D eigenvalue weighted by Gasteiger charge is 2.50. The molecule has 3 aliphatic rings. The predicted molar refractivity (Wildman–Crippen MR) is 67.8 cm³/mol. The fraction of sp³-hybridized carbons (Fsp3) is 0.714. The Bertz CT molecular complexity index is 406. The smallest absolute Gasteiger partial charge is 0.0532 e. The standard InChI is InChI=1S/C14H19NS/c1-9-15-14(12-11(1)2-10-16-12)7-5-13(3-4-13)6-8-14/h2,10,15H,1,3-9H2. The summed E-state index contributed by atoms with van der Waals surface area (Å²) >= 11 is 1.99. The van der Waals surface area contributed by atoms with Crippen molar-refractivity contribution >= 4 is 11.3 Å². The molecule has 0 amide bonds. The van der Waals surface area contributed by atoms with E-state index in [9.17, 15) is 0 Å². The summed E-state index contributed by atoms with van der Waals surface area (Å²) in [6.45, 7) is 1.19. The minimum absolute atomic E-state index is 0.385. The molecule has 0 aromatic carbocycles. The zero-order valence-electron chi connectivity index (χ0n) is 9.72. The van der Waals surface area contributed by atoms with Crippen molar-refractivity contribution in [2.45, 2.75) is 50.5 Å². The van der Waals surface area contributed by atoms with E-state index in [2.05, 4.69) is 16.8 Å². The van der Waals surface area contributed by atoms with E-state index >= 15 is 0 Å². The molecule has 1 aromatic heterocycles. The zero-order chi connectivity index (χ0) is 10.6. The maximum absolute atomic E-state index is 3.85. The van der Waals surface area contributed by atoms with Gasteiger partial charge in [-0.15, -0.1) is 11.3 Å². The minimum atomic E-state index is 0.385. The van der Waals surface area contributed by atoms with Gasteiger partial charge in [0.15, 0.2) is 0 Å². The number of hydrogen-bond acceptors (Lipinski definition) is 2. The molecule has 2 fully saturated rings. The first-order chi connectivity index (χ1) is 7.82. The van der Waals surface area contributed by atoms with Gasteiger partial charge in [0.2, 0.25) is 0 Å². The molecule has 1 nitrogen and oxygen atoms in total. The summed E-state index contributed by atoms with van der Waals surface area (Å²) in [4.78, 5) is 1.68. The van der Waals surface area contributed by atoms with E-state index in [1.54, 1.807) is 10.4 Å². The number of thiophene rings is 1. The van der Waals surface area contributed by atoms with Crippen LogP contribution in [0.3, 0.4) is 0 Å². The normalized spacial score (nSPS) is 29.2. The Kier molecular flexibility index (Phi) is 1.88. The molecule has 2 heterocycles. The van der Waals surface area contributed by atoms with Crippen LogP contribution in [0.15, 0.2) is 11.4 Å². The third-order valence-electron chi connectivity index (χ3n) is 5.16. The molecule has 0 bridgehead atoms. The molecule has 1 aromatic rings. The van der Waals surface area contributed by atoms with Crippen molar-refractivity contribution < 1.29 is 0 Å². The predicted octanol–water partition coefficient (Wildman–Crippen LogP) is 3.44. The van der Waals surface area contributed by atoms with E-state index < -0.39 is 0 Å². The van der Waals surface area contributed by atoms with Gasteiger partial charge in [0.05, 0.1) is 5.54 Å². The molecule has 2 aliphatic carbocycles. The Labute approximate surface area is 101 Å². The zero-order valence-corrected chi connectivity index (χ0v) is 10.5. The molecular formula is C14H19NS. The van der Waals surface area contributed by atoms with Crippen LogP contribution in [0.25, 0.3) is 0 Å². The Balaban J connectivity index is 1.68. The van der Waals surface area contributed by atoms with Crippen LogP contribution in [0, 0.1) is 5.41 Å². The third kappa shape index (κ3) is 1.26. The van der Waals surface area contributed by atoms with E-state index in [-0.39, 0.29) is 0 Å². The van der Waals surface area contributed by atoms with Crippen LogP contribution in [-0.4, -0.2) is 6.54 Å². The average Bonchev–Trinajstić information content (AvgIpc) is 2.89. The van der Waals surface area contributed by atoms with Gasteiger partial charge in [0.1, 0.15) is 0 Å². The molecule has 2 saturated carbocycles. The maximum atomic E-state index is 3.85. The van der Waals surface area contributed by atoms with E-state index in [1.807, 2.05) is 11.3 Å². The number of rotatable bonds is 0. The summed E-state index contributed by atoms with van der Waals surface area (Å²) in [7, 11) is 0. The molecule has 0 radical (unpaired) electrons. The van der Waals surface area contributed by atoms with Crippen LogP contribution in [0.4, 0.5) is 0 Å². The number of hydrogen-bond donors (Lipinski definition) is 1. The second-order valence-corrected chi connectivity index (χ2v) is 6.95. The second-order valence-electron chi connectivity index (χ2n) is 6.03. The van der Waals surface area contributed by atoms with Gasteiger partial charge in [0.25, 0.3) is 0 Å². The summed E-state index contributed by atoms with van der Waals surface area (Å²) in [6.07, 6.45) is 9.99. The van der Waals surface area contributed by atoms with E-state index in [0.29, 0.717) is 5.54 Å². The van der Waals surface area contributed by atoms with Crippen molar-refractivity contribution in [3.63, 3.8) is 0 Å². The lowest BCUT2D eigenvalue weighted by molar-refractivity contribution is 0.172. The van der Waals surface area contributed by atoms with Gasteiger partial charge in [-0.2, -0.15) is 0 Å². The van der Waals surface area contributed by atoms with E-state index in [1.165, 1.54) is 51.5 Å². The Morgan fingerprint density at radius 2 is 1.81 bits per heavy atom. The molecule has 4 rings (SSSR count). The van der Waals surface area contributed by atoms with Crippen molar-refractivity contribution in [3.8, 4) is 0 Å². The quantitative estimate of drug-likeness (QED) is 0.724. The summed E-state index contributed by atoms with van der Waals surface area (Å²) in [5.74, 6) is 0. The van der Waals surface area contributed by atoms with Crippen LogP contribution >= 0.6 is 11.3 Å². The summed E-state index contributed by atoms with van der Waals surface area (Å²) < 4.78 is 0. The van der Waals surface area contributed by atoms with Gasteiger partial charge in [-0.1, -0.05) is 0 Å². The van der Waals surface area contributed by atoms with Crippen LogP contribution in [0.1, 0.15) is 49.0 Å².